The minimum atomic E-state index is -0.484. The summed E-state index contributed by atoms with van der Waals surface area (Å²) in [6.45, 7) is 5.12. The SMILES string of the molecule is CCC(=O)CSC1=C(C#N)[C@H](c2ccc(Cl)cc2)C(C(C)=O)C(C)=N1. The predicted molar refractivity (Wildman–Crippen MR) is 102 cm³/mol. The number of carbonyl (C=O) groups is 2. The van der Waals surface area contributed by atoms with Gasteiger partial charge in [0.05, 0.1) is 23.3 Å². The molecule has 1 aromatic carbocycles. The smallest absolute Gasteiger partial charge is 0.142 e. The first-order valence-corrected chi connectivity index (χ1v) is 9.35. The highest BCUT2D eigenvalue weighted by atomic mass is 35.5. The third-order valence-electron chi connectivity index (χ3n) is 4.15. The van der Waals surface area contributed by atoms with Crippen molar-refractivity contribution in [2.75, 3.05) is 5.75 Å². The molecule has 0 fully saturated rings. The standard InChI is InChI=1S/C19H19ClN2O2S/c1-4-15(24)10-25-19-16(9-21)18(13-5-7-14(20)8-6-13)17(12(3)23)11(2)22-19/h5-8,17-18H,4,10H2,1-3H3/t17?,18-/m0/s1. The van der Waals surface area contributed by atoms with Gasteiger partial charge in [0.25, 0.3) is 0 Å². The molecule has 0 saturated carbocycles. The Morgan fingerprint density at radius 3 is 2.48 bits per heavy atom. The quantitative estimate of drug-likeness (QED) is 0.732. The fraction of sp³-hybridized carbons (Fsp3) is 0.368. The number of Topliss-reactive ketones (excluding diaryl/α,β-unsaturated/α-hetero) is 2. The number of carbonyl (C=O) groups excluding carboxylic acids is 2. The summed E-state index contributed by atoms with van der Waals surface area (Å²) in [6.07, 6.45) is 0.446. The average Bonchev–Trinajstić information content (AvgIpc) is 2.59. The van der Waals surface area contributed by atoms with Crippen molar-refractivity contribution >= 4 is 40.6 Å². The molecule has 1 aromatic rings. The van der Waals surface area contributed by atoms with Gasteiger partial charge in [-0.15, -0.1) is 0 Å². The van der Waals surface area contributed by atoms with Gasteiger partial charge in [0.2, 0.25) is 0 Å². The molecule has 0 bridgehead atoms. The lowest BCUT2D eigenvalue weighted by atomic mass is 9.75. The summed E-state index contributed by atoms with van der Waals surface area (Å²) in [5.41, 5.74) is 1.94. The summed E-state index contributed by atoms with van der Waals surface area (Å²) in [5.74, 6) is -0.563. The maximum absolute atomic E-state index is 12.2. The molecule has 25 heavy (non-hydrogen) atoms. The van der Waals surface area contributed by atoms with E-state index in [9.17, 15) is 14.9 Å². The molecule has 130 valence electrons. The molecule has 0 aromatic heterocycles. The Morgan fingerprint density at radius 1 is 1.32 bits per heavy atom. The number of ketones is 2. The highest BCUT2D eigenvalue weighted by molar-refractivity contribution is 8.03. The van der Waals surface area contributed by atoms with Crippen LogP contribution < -0.4 is 0 Å². The van der Waals surface area contributed by atoms with Gasteiger partial charge in [0, 0.05) is 23.1 Å². The number of allylic oxidation sites excluding steroid dienone is 1. The van der Waals surface area contributed by atoms with Crippen LogP contribution in [0, 0.1) is 17.2 Å². The molecule has 0 saturated heterocycles. The number of rotatable bonds is 6. The summed E-state index contributed by atoms with van der Waals surface area (Å²) in [7, 11) is 0. The summed E-state index contributed by atoms with van der Waals surface area (Å²) >= 11 is 7.23. The fourth-order valence-electron chi connectivity index (χ4n) is 2.87. The van der Waals surface area contributed by atoms with Crippen LogP contribution in [0.1, 0.15) is 38.7 Å². The maximum Gasteiger partial charge on any atom is 0.142 e. The van der Waals surface area contributed by atoms with Crippen molar-refractivity contribution in [3.63, 3.8) is 0 Å². The number of aliphatic imine (C=N–C) groups is 1. The Labute approximate surface area is 157 Å². The highest BCUT2D eigenvalue weighted by Crippen LogP contribution is 2.42. The molecule has 1 aliphatic heterocycles. The van der Waals surface area contributed by atoms with E-state index in [2.05, 4.69) is 11.1 Å². The average molecular weight is 375 g/mol. The number of hydrogen-bond acceptors (Lipinski definition) is 5. The Hall–Kier alpha value is -1.90. The lowest BCUT2D eigenvalue weighted by molar-refractivity contribution is -0.119. The van der Waals surface area contributed by atoms with Crippen LogP contribution in [-0.2, 0) is 9.59 Å². The molecular formula is C19H19ClN2O2S. The van der Waals surface area contributed by atoms with Crippen LogP contribution in [0.3, 0.4) is 0 Å². The van der Waals surface area contributed by atoms with Gasteiger partial charge in [-0.05, 0) is 31.5 Å². The summed E-state index contributed by atoms with van der Waals surface area (Å²) < 4.78 is 0. The van der Waals surface area contributed by atoms with Crippen molar-refractivity contribution in [2.24, 2.45) is 10.9 Å². The number of nitriles is 1. The summed E-state index contributed by atoms with van der Waals surface area (Å²) in [5, 5.41) is 10.9. The van der Waals surface area contributed by atoms with Crippen molar-refractivity contribution in [1.29, 1.82) is 5.26 Å². The van der Waals surface area contributed by atoms with E-state index in [1.54, 1.807) is 26.0 Å². The van der Waals surface area contributed by atoms with Gasteiger partial charge >= 0.3 is 0 Å². The first-order chi connectivity index (χ1) is 11.9. The molecule has 0 N–H and O–H groups in total. The van der Waals surface area contributed by atoms with Crippen LogP contribution in [0.4, 0.5) is 0 Å². The van der Waals surface area contributed by atoms with E-state index in [0.29, 0.717) is 27.8 Å². The van der Waals surface area contributed by atoms with Crippen molar-refractivity contribution in [3.05, 3.63) is 45.5 Å². The van der Waals surface area contributed by atoms with Gasteiger partial charge in [-0.1, -0.05) is 42.4 Å². The largest absolute Gasteiger partial charge is 0.299 e. The molecule has 0 amide bonds. The first kappa shape index (κ1) is 19.4. The second-order valence-electron chi connectivity index (χ2n) is 5.88. The molecule has 0 radical (unpaired) electrons. The van der Waals surface area contributed by atoms with Crippen LogP contribution in [0.25, 0.3) is 0 Å². The number of halogens is 1. The van der Waals surface area contributed by atoms with E-state index in [1.807, 2.05) is 12.1 Å². The van der Waals surface area contributed by atoms with Crippen LogP contribution >= 0.6 is 23.4 Å². The van der Waals surface area contributed by atoms with E-state index in [0.717, 1.165) is 5.56 Å². The lowest BCUT2D eigenvalue weighted by Gasteiger charge is -2.30. The molecule has 0 spiro atoms. The Balaban J connectivity index is 2.52. The van der Waals surface area contributed by atoms with E-state index >= 15 is 0 Å². The minimum Gasteiger partial charge on any atom is -0.299 e. The van der Waals surface area contributed by atoms with E-state index < -0.39 is 11.8 Å². The zero-order valence-electron chi connectivity index (χ0n) is 14.4. The lowest BCUT2D eigenvalue weighted by Crippen LogP contribution is -2.31. The number of nitrogens with zero attached hydrogens (tertiary/aromatic N) is 2. The van der Waals surface area contributed by atoms with Crippen LogP contribution in [0.5, 0.6) is 0 Å². The topological polar surface area (TPSA) is 70.3 Å². The van der Waals surface area contributed by atoms with Gasteiger partial charge in [0.15, 0.2) is 0 Å². The molecule has 4 nitrogen and oxygen atoms in total. The Kier molecular flexibility index (Phi) is 6.57. The van der Waals surface area contributed by atoms with Crippen LogP contribution in [-0.4, -0.2) is 23.0 Å². The van der Waals surface area contributed by atoms with E-state index in [1.165, 1.54) is 18.7 Å². The number of hydrogen-bond donors (Lipinski definition) is 0. The number of benzene rings is 1. The normalized spacial score (nSPS) is 20.0. The third kappa shape index (κ3) is 4.39. The van der Waals surface area contributed by atoms with Crippen molar-refractivity contribution < 1.29 is 9.59 Å². The molecule has 1 heterocycles. The van der Waals surface area contributed by atoms with Gasteiger partial charge in [0.1, 0.15) is 16.6 Å². The molecule has 0 aliphatic carbocycles. The Bertz CT molecular complexity index is 791. The van der Waals surface area contributed by atoms with E-state index in [-0.39, 0.29) is 17.3 Å². The van der Waals surface area contributed by atoms with Crippen molar-refractivity contribution in [2.45, 2.75) is 33.1 Å². The molecular weight excluding hydrogens is 356 g/mol. The monoisotopic (exact) mass is 374 g/mol. The molecule has 2 rings (SSSR count). The molecule has 1 unspecified atom stereocenters. The Morgan fingerprint density at radius 2 is 1.96 bits per heavy atom. The van der Waals surface area contributed by atoms with Crippen LogP contribution in [0.2, 0.25) is 5.02 Å². The summed E-state index contributed by atoms with van der Waals surface area (Å²) in [4.78, 5) is 28.4. The van der Waals surface area contributed by atoms with Crippen LogP contribution in [0.15, 0.2) is 39.9 Å². The third-order valence-corrected chi connectivity index (χ3v) is 5.46. The maximum atomic E-state index is 12.2. The second-order valence-corrected chi connectivity index (χ2v) is 7.28. The predicted octanol–water partition coefficient (Wildman–Crippen LogP) is 4.55. The fourth-order valence-corrected chi connectivity index (χ4v) is 4.03. The summed E-state index contributed by atoms with van der Waals surface area (Å²) in [6, 6.07) is 9.38. The van der Waals surface area contributed by atoms with Crippen molar-refractivity contribution in [1.82, 2.24) is 0 Å². The molecule has 2 atom stereocenters. The zero-order valence-corrected chi connectivity index (χ0v) is 15.9. The van der Waals surface area contributed by atoms with Gasteiger partial charge in [-0.3, -0.25) is 9.59 Å². The second kappa shape index (κ2) is 8.46. The highest BCUT2D eigenvalue weighted by Gasteiger charge is 2.37. The van der Waals surface area contributed by atoms with Gasteiger partial charge in [-0.2, -0.15) is 5.26 Å². The molecule has 1 aliphatic rings. The van der Waals surface area contributed by atoms with Crippen molar-refractivity contribution in [3.8, 4) is 6.07 Å². The van der Waals surface area contributed by atoms with Gasteiger partial charge in [-0.25, -0.2) is 4.99 Å². The minimum absolute atomic E-state index is 0.0392. The molecule has 6 heteroatoms. The number of thioether (sulfide) groups is 1. The van der Waals surface area contributed by atoms with E-state index in [4.69, 9.17) is 11.6 Å². The van der Waals surface area contributed by atoms with Gasteiger partial charge < -0.3 is 0 Å². The first-order valence-electron chi connectivity index (χ1n) is 7.98. The zero-order chi connectivity index (χ0) is 18.6.